The molecule has 0 spiro atoms. The number of rotatable bonds is 7. The van der Waals surface area contributed by atoms with Crippen molar-refractivity contribution < 1.29 is 9.84 Å². The van der Waals surface area contributed by atoms with E-state index in [-0.39, 0.29) is 0 Å². The predicted molar refractivity (Wildman–Crippen MR) is 94.7 cm³/mol. The fraction of sp³-hybridized carbons (Fsp3) is 0.667. The molecule has 1 aliphatic rings. The molecule has 0 aliphatic carbocycles. The van der Waals surface area contributed by atoms with E-state index in [2.05, 4.69) is 23.9 Å². The van der Waals surface area contributed by atoms with Crippen LogP contribution in [0.4, 0.5) is 5.69 Å². The topological polar surface area (TPSA) is 62.0 Å². The van der Waals surface area contributed by atoms with Gasteiger partial charge in [0.25, 0.3) is 0 Å². The summed E-state index contributed by atoms with van der Waals surface area (Å²) in [7, 11) is 4.34. The van der Waals surface area contributed by atoms with Crippen LogP contribution < -0.4 is 10.5 Å². The molecule has 0 amide bonds. The van der Waals surface area contributed by atoms with Gasteiger partial charge in [0.2, 0.25) is 0 Å². The number of aliphatic hydroxyl groups is 1. The summed E-state index contributed by atoms with van der Waals surface area (Å²) < 4.78 is 5.44. The number of hydrogen-bond donors (Lipinski definition) is 2. The van der Waals surface area contributed by atoms with Gasteiger partial charge in [0.1, 0.15) is 5.75 Å². The molecule has 0 aromatic heterocycles. The summed E-state index contributed by atoms with van der Waals surface area (Å²) in [5, 5.41) is 10.4. The number of piperidine rings is 1. The number of likely N-dealkylation sites (tertiary alicyclic amines) is 1. The van der Waals surface area contributed by atoms with Crippen molar-refractivity contribution in [3.05, 3.63) is 23.8 Å². The molecule has 5 nitrogen and oxygen atoms in total. The molecule has 5 heteroatoms. The Labute approximate surface area is 140 Å². The summed E-state index contributed by atoms with van der Waals surface area (Å²) >= 11 is 0. The van der Waals surface area contributed by atoms with Crippen LogP contribution in [0.25, 0.3) is 0 Å². The van der Waals surface area contributed by atoms with Crippen molar-refractivity contribution in [2.24, 2.45) is 0 Å². The molecule has 0 radical (unpaired) electrons. The maximum Gasteiger partial charge on any atom is 0.142 e. The highest BCUT2D eigenvalue weighted by Crippen LogP contribution is 2.27. The fourth-order valence-electron chi connectivity index (χ4n) is 3.17. The summed E-state index contributed by atoms with van der Waals surface area (Å²) in [5.74, 6) is 0.687. The molecule has 1 aromatic rings. The van der Waals surface area contributed by atoms with E-state index in [1.54, 1.807) is 0 Å². The van der Waals surface area contributed by atoms with Crippen molar-refractivity contribution in [2.75, 3.05) is 46.1 Å². The average molecular weight is 321 g/mol. The zero-order chi connectivity index (χ0) is 16.8. The average Bonchev–Trinajstić information content (AvgIpc) is 2.55. The third-order valence-electron chi connectivity index (χ3n) is 4.79. The number of nitrogens with two attached hydrogens (primary N) is 1. The minimum absolute atomic E-state index is 0.485. The quantitative estimate of drug-likeness (QED) is 0.753. The van der Waals surface area contributed by atoms with Gasteiger partial charge in [0.15, 0.2) is 0 Å². The number of anilines is 1. The Morgan fingerprint density at radius 3 is 2.70 bits per heavy atom. The van der Waals surface area contributed by atoms with E-state index >= 15 is 0 Å². The number of nitrogens with zero attached hydrogens (tertiary/aromatic N) is 2. The van der Waals surface area contributed by atoms with Gasteiger partial charge >= 0.3 is 0 Å². The first-order valence-electron chi connectivity index (χ1n) is 8.60. The molecule has 0 bridgehead atoms. The van der Waals surface area contributed by atoms with Gasteiger partial charge in [0, 0.05) is 12.6 Å². The summed E-state index contributed by atoms with van der Waals surface area (Å²) in [6.45, 7) is 5.73. The largest absolute Gasteiger partial charge is 0.492 e. The van der Waals surface area contributed by atoms with E-state index in [9.17, 15) is 5.11 Å². The Hall–Kier alpha value is -1.30. The standard InChI is InChI=1S/C18H31N3O2/c1-4-23-18-6-5-14(13-16(18)19)17(22)9-12-21(3)15-7-10-20(2)11-8-15/h5-6,13,15,17,22H,4,7-12,19H2,1-3H3. The lowest BCUT2D eigenvalue weighted by Gasteiger charge is -2.35. The minimum Gasteiger partial charge on any atom is -0.492 e. The van der Waals surface area contributed by atoms with Crippen LogP contribution in [-0.4, -0.2) is 61.3 Å². The van der Waals surface area contributed by atoms with Gasteiger partial charge in [0.05, 0.1) is 18.4 Å². The molecule has 1 fully saturated rings. The molecule has 130 valence electrons. The molecule has 0 saturated carbocycles. The molecule has 23 heavy (non-hydrogen) atoms. The lowest BCUT2D eigenvalue weighted by molar-refractivity contribution is 0.110. The Kier molecular flexibility index (Phi) is 6.69. The Bertz CT molecular complexity index is 487. The van der Waals surface area contributed by atoms with Crippen molar-refractivity contribution in [3.63, 3.8) is 0 Å². The first-order valence-corrected chi connectivity index (χ1v) is 8.60. The molecule has 1 atom stereocenters. The summed E-state index contributed by atoms with van der Waals surface area (Å²) in [6, 6.07) is 6.20. The monoisotopic (exact) mass is 321 g/mol. The number of nitrogen functional groups attached to an aromatic ring is 1. The second-order valence-corrected chi connectivity index (χ2v) is 6.55. The number of aliphatic hydroxyl groups excluding tert-OH is 1. The normalized spacial score (nSPS) is 18.3. The highest BCUT2D eigenvalue weighted by Gasteiger charge is 2.21. The van der Waals surface area contributed by atoms with Crippen molar-refractivity contribution in [3.8, 4) is 5.75 Å². The molecule has 1 saturated heterocycles. The van der Waals surface area contributed by atoms with Gasteiger partial charge in [-0.25, -0.2) is 0 Å². The second kappa shape index (κ2) is 8.52. The van der Waals surface area contributed by atoms with Gasteiger partial charge in [-0.2, -0.15) is 0 Å². The minimum atomic E-state index is -0.485. The number of ether oxygens (including phenoxy) is 1. The zero-order valence-electron chi connectivity index (χ0n) is 14.7. The highest BCUT2D eigenvalue weighted by atomic mass is 16.5. The fourth-order valence-corrected chi connectivity index (χ4v) is 3.17. The van der Waals surface area contributed by atoms with E-state index < -0.39 is 6.10 Å². The highest BCUT2D eigenvalue weighted by molar-refractivity contribution is 5.54. The first kappa shape index (κ1) is 18.0. The van der Waals surface area contributed by atoms with E-state index in [0.29, 0.717) is 24.1 Å². The Morgan fingerprint density at radius 1 is 1.39 bits per heavy atom. The van der Waals surface area contributed by atoms with Gasteiger partial charge in [-0.3, -0.25) is 0 Å². The van der Waals surface area contributed by atoms with Crippen LogP contribution in [0.15, 0.2) is 18.2 Å². The van der Waals surface area contributed by atoms with Crippen LogP contribution in [0.2, 0.25) is 0 Å². The van der Waals surface area contributed by atoms with Crippen molar-refractivity contribution in [1.82, 2.24) is 9.80 Å². The van der Waals surface area contributed by atoms with Crippen LogP contribution in [0.1, 0.15) is 37.9 Å². The van der Waals surface area contributed by atoms with E-state index in [1.165, 1.54) is 12.8 Å². The van der Waals surface area contributed by atoms with Gasteiger partial charge in [-0.05, 0) is 71.1 Å². The summed E-state index contributed by atoms with van der Waals surface area (Å²) in [6.07, 6.45) is 2.65. The molecule has 1 unspecified atom stereocenters. The van der Waals surface area contributed by atoms with Crippen molar-refractivity contribution in [2.45, 2.75) is 38.3 Å². The van der Waals surface area contributed by atoms with Gasteiger partial charge < -0.3 is 25.4 Å². The van der Waals surface area contributed by atoms with E-state index in [4.69, 9.17) is 10.5 Å². The lowest BCUT2D eigenvalue weighted by Crippen LogP contribution is -2.42. The molecular weight excluding hydrogens is 290 g/mol. The number of benzene rings is 1. The van der Waals surface area contributed by atoms with Crippen LogP contribution in [0, 0.1) is 0 Å². The molecule has 1 aliphatic heterocycles. The Morgan fingerprint density at radius 2 is 2.09 bits per heavy atom. The van der Waals surface area contributed by atoms with Crippen LogP contribution in [0.5, 0.6) is 5.75 Å². The maximum absolute atomic E-state index is 10.4. The second-order valence-electron chi connectivity index (χ2n) is 6.55. The molecular formula is C18H31N3O2. The van der Waals surface area contributed by atoms with Crippen LogP contribution in [-0.2, 0) is 0 Å². The maximum atomic E-state index is 10.4. The lowest BCUT2D eigenvalue weighted by atomic mass is 10.0. The molecule has 1 heterocycles. The van der Waals surface area contributed by atoms with Gasteiger partial charge in [-0.1, -0.05) is 6.07 Å². The predicted octanol–water partition coefficient (Wildman–Crippen LogP) is 2.12. The molecule has 2 rings (SSSR count). The molecule has 1 aromatic carbocycles. The molecule has 3 N–H and O–H groups in total. The third-order valence-corrected chi connectivity index (χ3v) is 4.79. The third kappa shape index (κ3) is 5.09. The SMILES string of the molecule is CCOc1ccc(C(O)CCN(C)C2CCN(C)CC2)cc1N. The zero-order valence-corrected chi connectivity index (χ0v) is 14.7. The van der Waals surface area contributed by atoms with Crippen LogP contribution in [0.3, 0.4) is 0 Å². The van der Waals surface area contributed by atoms with Crippen LogP contribution >= 0.6 is 0 Å². The van der Waals surface area contributed by atoms with Crippen molar-refractivity contribution >= 4 is 5.69 Å². The number of hydrogen-bond acceptors (Lipinski definition) is 5. The summed E-state index contributed by atoms with van der Waals surface area (Å²) in [4.78, 5) is 4.76. The first-order chi connectivity index (χ1) is 11.0. The smallest absolute Gasteiger partial charge is 0.142 e. The summed E-state index contributed by atoms with van der Waals surface area (Å²) in [5.41, 5.74) is 7.43. The van der Waals surface area contributed by atoms with Crippen molar-refractivity contribution in [1.29, 1.82) is 0 Å². The van der Waals surface area contributed by atoms with Gasteiger partial charge in [-0.15, -0.1) is 0 Å². The van der Waals surface area contributed by atoms with E-state index in [1.807, 2.05) is 25.1 Å². The van der Waals surface area contributed by atoms with E-state index in [0.717, 1.165) is 31.6 Å². The Balaban J connectivity index is 1.84.